The van der Waals surface area contributed by atoms with E-state index < -0.39 is 0 Å². The maximum absolute atomic E-state index is 5.96. The minimum atomic E-state index is 0.363. The minimum absolute atomic E-state index is 0.363. The maximum atomic E-state index is 5.96. The molecule has 0 radical (unpaired) electrons. The quantitative estimate of drug-likeness (QED) is 0.889. The molecule has 3 nitrogen and oxygen atoms in total. The molecule has 1 saturated carbocycles. The van der Waals surface area contributed by atoms with Crippen LogP contribution in [0.4, 0.5) is 0 Å². The van der Waals surface area contributed by atoms with Crippen molar-refractivity contribution < 1.29 is 4.74 Å². The molecule has 3 rings (SSSR count). The fourth-order valence-electron chi connectivity index (χ4n) is 2.47. The number of methoxy groups -OCH3 is 1. The molecule has 1 aromatic carbocycles. The summed E-state index contributed by atoms with van der Waals surface area (Å²) in [4.78, 5) is 4.71. The van der Waals surface area contributed by atoms with Gasteiger partial charge in [0.15, 0.2) is 0 Å². The molecule has 0 amide bonds. The molecule has 2 atom stereocenters. The van der Waals surface area contributed by atoms with Crippen molar-refractivity contribution >= 4 is 21.6 Å². The summed E-state index contributed by atoms with van der Waals surface area (Å²) in [6.45, 7) is 0. The molecular weight excluding hydrogens is 232 g/mol. The predicted octanol–water partition coefficient (Wildman–Crippen LogP) is 2.90. The number of nitrogens with zero attached hydrogens (tertiary/aromatic N) is 1. The van der Waals surface area contributed by atoms with Crippen molar-refractivity contribution in [3.8, 4) is 5.75 Å². The molecule has 0 aliphatic heterocycles. The Hall–Kier alpha value is -1.13. The van der Waals surface area contributed by atoms with Crippen molar-refractivity contribution in [1.82, 2.24) is 4.98 Å². The maximum Gasteiger partial charge on any atom is 0.120 e. The number of fused-ring (bicyclic) bond motifs is 1. The van der Waals surface area contributed by atoms with Gasteiger partial charge in [-0.3, -0.25) is 0 Å². The molecule has 1 fully saturated rings. The molecule has 1 aliphatic carbocycles. The van der Waals surface area contributed by atoms with Crippen LogP contribution in [0.25, 0.3) is 10.2 Å². The average molecular weight is 248 g/mol. The Morgan fingerprint density at radius 2 is 2.29 bits per heavy atom. The van der Waals surface area contributed by atoms with E-state index in [1.54, 1.807) is 18.4 Å². The first-order valence-electron chi connectivity index (χ1n) is 5.96. The van der Waals surface area contributed by atoms with Gasteiger partial charge in [0.25, 0.3) is 0 Å². The number of nitrogens with two attached hydrogens (primary N) is 1. The first-order valence-corrected chi connectivity index (χ1v) is 6.78. The topological polar surface area (TPSA) is 48.1 Å². The number of ether oxygens (including phenoxy) is 1. The van der Waals surface area contributed by atoms with Crippen molar-refractivity contribution in [2.45, 2.75) is 31.2 Å². The molecular formula is C13H16N2OS. The second-order valence-corrected chi connectivity index (χ2v) is 5.72. The summed E-state index contributed by atoms with van der Waals surface area (Å²) in [6.07, 6.45) is 3.39. The van der Waals surface area contributed by atoms with Gasteiger partial charge in [0.05, 0.1) is 22.3 Å². The number of thiazole rings is 1. The third-order valence-electron chi connectivity index (χ3n) is 3.43. The van der Waals surface area contributed by atoms with Gasteiger partial charge >= 0.3 is 0 Å². The van der Waals surface area contributed by atoms with E-state index in [4.69, 9.17) is 15.5 Å². The Kier molecular flexibility index (Phi) is 2.76. The monoisotopic (exact) mass is 248 g/mol. The van der Waals surface area contributed by atoms with Crippen LogP contribution in [-0.4, -0.2) is 18.1 Å². The Labute approximate surface area is 105 Å². The second-order valence-electron chi connectivity index (χ2n) is 4.66. The van der Waals surface area contributed by atoms with Gasteiger partial charge in [0, 0.05) is 12.0 Å². The zero-order valence-corrected chi connectivity index (χ0v) is 10.7. The summed E-state index contributed by atoms with van der Waals surface area (Å²) in [5, 5.41) is 1.24. The van der Waals surface area contributed by atoms with Crippen molar-refractivity contribution in [3.05, 3.63) is 23.2 Å². The molecule has 4 heteroatoms. The standard InChI is InChI=1S/C13H16N2OS/c1-16-10-4-5-11-12(7-10)17-13(15-11)8-2-3-9(14)6-8/h4-5,7-9H,2-3,6,14H2,1H3. The molecule has 90 valence electrons. The highest BCUT2D eigenvalue weighted by molar-refractivity contribution is 7.18. The lowest BCUT2D eigenvalue weighted by Crippen LogP contribution is -2.14. The highest BCUT2D eigenvalue weighted by atomic mass is 32.1. The molecule has 1 aromatic heterocycles. The van der Waals surface area contributed by atoms with Crippen LogP contribution in [0.15, 0.2) is 18.2 Å². The van der Waals surface area contributed by atoms with Crippen LogP contribution in [0, 0.1) is 0 Å². The van der Waals surface area contributed by atoms with Gasteiger partial charge in [-0.2, -0.15) is 0 Å². The van der Waals surface area contributed by atoms with E-state index in [2.05, 4.69) is 6.07 Å². The number of hydrogen-bond donors (Lipinski definition) is 1. The van der Waals surface area contributed by atoms with Crippen LogP contribution in [0.1, 0.15) is 30.2 Å². The molecule has 0 saturated heterocycles. The Balaban J connectivity index is 1.96. The van der Waals surface area contributed by atoms with E-state index in [1.807, 2.05) is 12.1 Å². The first kappa shape index (κ1) is 11.0. The molecule has 2 unspecified atom stereocenters. The molecule has 2 N–H and O–H groups in total. The van der Waals surface area contributed by atoms with Crippen LogP contribution in [-0.2, 0) is 0 Å². The van der Waals surface area contributed by atoms with Gasteiger partial charge in [-0.25, -0.2) is 4.98 Å². The summed E-state index contributed by atoms with van der Waals surface area (Å²) in [6, 6.07) is 6.42. The van der Waals surface area contributed by atoms with Crippen LogP contribution in [0.2, 0.25) is 0 Å². The fourth-order valence-corrected chi connectivity index (χ4v) is 3.61. The van der Waals surface area contributed by atoms with E-state index in [1.165, 1.54) is 16.1 Å². The Morgan fingerprint density at radius 1 is 1.41 bits per heavy atom. The van der Waals surface area contributed by atoms with E-state index >= 15 is 0 Å². The molecule has 2 aromatic rings. The van der Waals surface area contributed by atoms with E-state index in [9.17, 15) is 0 Å². The summed E-state index contributed by atoms with van der Waals surface area (Å²) < 4.78 is 6.44. The number of benzene rings is 1. The van der Waals surface area contributed by atoms with E-state index in [0.29, 0.717) is 12.0 Å². The number of hydrogen-bond acceptors (Lipinski definition) is 4. The minimum Gasteiger partial charge on any atom is -0.497 e. The van der Waals surface area contributed by atoms with Crippen molar-refractivity contribution in [3.63, 3.8) is 0 Å². The molecule has 17 heavy (non-hydrogen) atoms. The van der Waals surface area contributed by atoms with E-state index in [0.717, 1.165) is 24.1 Å². The first-order chi connectivity index (χ1) is 8.26. The highest BCUT2D eigenvalue weighted by Gasteiger charge is 2.25. The predicted molar refractivity (Wildman–Crippen MR) is 70.7 cm³/mol. The van der Waals surface area contributed by atoms with Crippen molar-refractivity contribution in [2.75, 3.05) is 7.11 Å². The zero-order chi connectivity index (χ0) is 11.8. The van der Waals surface area contributed by atoms with Crippen LogP contribution < -0.4 is 10.5 Å². The SMILES string of the molecule is COc1ccc2nc(C3CCC(N)C3)sc2c1. The highest BCUT2D eigenvalue weighted by Crippen LogP contribution is 2.38. The van der Waals surface area contributed by atoms with Crippen LogP contribution in [0.5, 0.6) is 5.75 Å². The average Bonchev–Trinajstić information content (AvgIpc) is 2.93. The lowest BCUT2D eigenvalue weighted by atomic mass is 10.1. The van der Waals surface area contributed by atoms with Gasteiger partial charge in [0.2, 0.25) is 0 Å². The largest absolute Gasteiger partial charge is 0.497 e. The number of aromatic nitrogens is 1. The molecule has 1 heterocycles. The smallest absolute Gasteiger partial charge is 0.120 e. The van der Waals surface area contributed by atoms with Gasteiger partial charge in [0.1, 0.15) is 5.75 Å². The summed E-state index contributed by atoms with van der Waals surface area (Å²) in [5.74, 6) is 1.46. The van der Waals surface area contributed by atoms with Crippen LogP contribution >= 0.6 is 11.3 Å². The van der Waals surface area contributed by atoms with Gasteiger partial charge in [-0.1, -0.05) is 0 Å². The van der Waals surface area contributed by atoms with Gasteiger partial charge in [-0.05, 0) is 37.5 Å². The summed E-state index contributed by atoms with van der Waals surface area (Å²) in [5.41, 5.74) is 7.03. The van der Waals surface area contributed by atoms with Gasteiger partial charge < -0.3 is 10.5 Å². The van der Waals surface area contributed by atoms with E-state index in [-0.39, 0.29) is 0 Å². The number of rotatable bonds is 2. The Morgan fingerprint density at radius 3 is 3.00 bits per heavy atom. The zero-order valence-electron chi connectivity index (χ0n) is 9.85. The Bertz CT molecular complexity index is 537. The lowest BCUT2D eigenvalue weighted by Gasteiger charge is -2.03. The van der Waals surface area contributed by atoms with Crippen molar-refractivity contribution in [2.24, 2.45) is 5.73 Å². The third kappa shape index (κ3) is 2.03. The fraction of sp³-hybridized carbons (Fsp3) is 0.462. The molecule has 1 aliphatic rings. The second kappa shape index (κ2) is 4.27. The van der Waals surface area contributed by atoms with Crippen molar-refractivity contribution in [1.29, 1.82) is 0 Å². The normalized spacial score (nSPS) is 24.4. The van der Waals surface area contributed by atoms with Crippen LogP contribution in [0.3, 0.4) is 0 Å². The van der Waals surface area contributed by atoms with Gasteiger partial charge in [-0.15, -0.1) is 11.3 Å². The molecule has 0 bridgehead atoms. The summed E-state index contributed by atoms with van der Waals surface area (Å²) in [7, 11) is 1.69. The lowest BCUT2D eigenvalue weighted by molar-refractivity contribution is 0.415. The molecule has 0 spiro atoms. The third-order valence-corrected chi connectivity index (χ3v) is 4.62. The summed E-state index contributed by atoms with van der Waals surface area (Å²) >= 11 is 1.78.